The monoisotopic (exact) mass is 194 g/mol. The van der Waals surface area contributed by atoms with Gasteiger partial charge in [-0.05, 0) is 19.1 Å². The lowest BCUT2D eigenvalue weighted by atomic mass is 10.1. The van der Waals surface area contributed by atoms with Crippen LogP contribution in [-0.4, -0.2) is 4.98 Å². The second-order valence-corrected chi connectivity index (χ2v) is 3.55. The van der Waals surface area contributed by atoms with E-state index in [0.29, 0.717) is 11.7 Å². The third kappa shape index (κ3) is 1.32. The van der Waals surface area contributed by atoms with E-state index in [-0.39, 0.29) is 0 Å². The fraction of sp³-hybridized carbons (Fsp3) is 0.200. The van der Waals surface area contributed by atoms with Crippen molar-refractivity contribution in [3.63, 3.8) is 0 Å². The van der Waals surface area contributed by atoms with Crippen molar-refractivity contribution in [3.05, 3.63) is 34.5 Å². The second kappa shape index (κ2) is 3.05. The van der Waals surface area contributed by atoms with Crippen LogP contribution in [0.4, 0.5) is 0 Å². The molecule has 0 aliphatic rings. The normalized spacial score (nSPS) is 11.0. The average molecular weight is 195 g/mol. The minimum absolute atomic E-state index is 0.474. The smallest absolute Gasteiger partial charge is 0.111 e. The Morgan fingerprint density at radius 1 is 1.46 bits per heavy atom. The molecule has 0 aliphatic heterocycles. The van der Waals surface area contributed by atoms with E-state index >= 15 is 0 Å². The van der Waals surface area contributed by atoms with E-state index in [4.69, 9.17) is 17.3 Å². The maximum Gasteiger partial charge on any atom is 0.111 e. The molecule has 1 aromatic heterocycles. The third-order valence-corrected chi connectivity index (χ3v) is 2.54. The van der Waals surface area contributed by atoms with Crippen LogP contribution in [0, 0.1) is 6.92 Å². The Kier molecular flexibility index (Phi) is 2.02. The van der Waals surface area contributed by atoms with Gasteiger partial charge < -0.3 is 10.7 Å². The van der Waals surface area contributed by atoms with E-state index in [2.05, 4.69) is 24.0 Å². The lowest BCUT2D eigenvalue weighted by Crippen LogP contribution is -1.95. The molecule has 0 unspecified atom stereocenters. The number of H-pyrrole nitrogens is 1. The molecule has 0 saturated heterocycles. The Morgan fingerprint density at radius 2 is 2.23 bits per heavy atom. The number of fused-ring (bicyclic) bond motifs is 1. The SMILES string of the molecule is Cc1ccc2[nH]c(Cl)c(CN)c2c1. The zero-order valence-electron chi connectivity index (χ0n) is 7.39. The summed E-state index contributed by atoms with van der Waals surface area (Å²) in [5, 5.41) is 1.79. The molecular weight excluding hydrogens is 184 g/mol. The Labute approximate surface area is 81.7 Å². The predicted octanol–water partition coefficient (Wildman–Crippen LogP) is 2.59. The van der Waals surface area contributed by atoms with Gasteiger partial charge in [-0.25, -0.2) is 0 Å². The van der Waals surface area contributed by atoms with Crippen molar-refractivity contribution < 1.29 is 0 Å². The van der Waals surface area contributed by atoms with E-state index < -0.39 is 0 Å². The Balaban J connectivity index is 2.80. The van der Waals surface area contributed by atoms with Gasteiger partial charge in [-0.3, -0.25) is 0 Å². The van der Waals surface area contributed by atoms with Gasteiger partial charge in [-0.15, -0.1) is 0 Å². The quantitative estimate of drug-likeness (QED) is 0.720. The molecule has 2 nitrogen and oxygen atoms in total. The highest BCUT2D eigenvalue weighted by molar-refractivity contribution is 6.31. The van der Waals surface area contributed by atoms with Gasteiger partial charge in [0.05, 0.1) is 0 Å². The molecule has 3 N–H and O–H groups in total. The van der Waals surface area contributed by atoms with Crippen LogP contribution in [-0.2, 0) is 6.54 Å². The Bertz CT molecular complexity index is 445. The predicted molar refractivity (Wildman–Crippen MR) is 55.9 cm³/mol. The van der Waals surface area contributed by atoms with Gasteiger partial charge in [0.15, 0.2) is 0 Å². The number of benzene rings is 1. The number of nitrogens with two attached hydrogens (primary N) is 1. The zero-order chi connectivity index (χ0) is 9.42. The second-order valence-electron chi connectivity index (χ2n) is 3.17. The Hall–Kier alpha value is -0.990. The fourth-order valence-corrected chi connectivity index (χ4v) is 1.81. The van der Waals surface area contributed by atoms with Crippen LogP contribution in [0.2, 0.25) is 5.15 Å². The van der Waals surface area contributed by atoms with Crippen LogP contribution < -0.4 is 5.73 Å². The number of hydrogen-bond donors (Lipinski definition) is 2. The summed E-state index contributed by atoms with van der Waals surface area (Å²) >= 11 is 5.98. The minimum atomic E-state index is 0.474. The van der Waals surface area contributed by atoms with Crippen molar-refractivity contribution in [2.75, 3.05) is 0 Å². The van der Waals surface area contributed by atoms with Crippen LogP contribution in [0.1, 0.15) is 11.1 Å². The molecule has 2 rings (SSSR count). The first-order chi connectivity index (χ1) is 6.22. The summed E-state index contributed by atoms with van der Waals surface area (Å²) in [5.41, 5.74) is 8.88. The van der Waals surface area contributed by atoms with Crippen LogP contribution in [0.15, 0.2) is 18.2 Å². The number of halogens is 1. The summed E-state index contributed by atoms with van der Waals surface area (Å²) in [6, 6.07) is 6.17. The highest BCUT2D eigenvalue weighted by Gasteiger charge is 2.07. The van der Waals surface area contributed by atoms with Crippen molar-refractivity contribution in [2.45, 2.75) is 13.5 Å². The number of aromatic amines is 1. The van der Waals surface area contributed by atoms with Gasteiger partial charge in [-0.2, -0.15) is 0 Å². The molecule has 0 aliphatic carbocycles. The van der Waals surface area contributed by atoms with Gasteiger partial charge in [0.2, 0.25) is 0 Å². The summed E-state index contributed by atoms with van der Waals surface area (Å²) in [6.07, 6.45) is 0. The lowest BCUT2D eigenvalue weighted by Gasteiger charge is -1.95. The van der Waals surface area contributed by atoms with Crippen LogP contribution in [0.3, 0.4) is 0 Å². The van der Waals surface area contributed by atoms with Gasteiger partial charge in [0.1, 0.15) is 5.15 Å². The largest absolute Gasteiger partial charge is 0.345 e. The molecule has 13 heavy (non-hydrogen) atoms. The summed E-state index contributed by atoms with van der Waals surface area (Å²) in [6.45, 7) is 2.53. The minimum Gasteiger partial charge on any atom is -0.345 e. The van der Waals surface area contributed by atoms with Crippen molar-refractivity contribution in [2.24, 2.45) is 5.73 Å². The van der Waals surface area contributed by atoms with Crippen LogP contribution in [0.25, 0.3) is 10.9 Å². The zero-order valence-corrected chi connectivity index (χ0v) is 8.15. The maximum atomic E-state index is 5.98. The molecule has 0 saturated carbocycles. The number of aromatic nitrogens is 1. The molecule has 0 fully saturated rings. The highest BCUT2D eigenvalue weighted by atomic mass is 35.5. The van der Waals surface area contributed by atoms with E-state index in [1.54, 1.807) is 0 Å². The molecule has 0 spiro atoms. The van der Waals surface area contributed by atoms with Crippen LogP contribution >= 0.6 is 11.6 Å². The molecule has 0 atom stereocenters. The first-order valence-corrected chi connectivity index (χ1v) is 4.57. The standard InChI is InChI=1S/C10H11ClN2/c1-6-2-3-9-7(4-6)8(5-12)10(11)13-9/h2-4,13H,5,12H2,1H3. The topological polar surface area (TPSA) is 41.8 Å². The molecular formula is C10H11ClN2. The number of aryl methyl sites for hydroxylation is 1. The first-order valence-electron chi connectivity index (χ1n) is 4.19. The number of hydrogen-bond acceptors (Lipinski definition) is 1. The van der Waals surface area contributed by atoms with E-state index in [9.17, 15) is 0 Å². The summed E-state index contributed by atoms with van der Waals surface area (Å²) in [4.78, 5) is 3.09. The number of rotatable bonds is 1. The molecule has 0 radical (unpaired) electrons. The molecule has 1 aromatic carbocycles. The maximum absolute atomic E-state index is 5.98. The van der Waals surface area contributed by atoms with Crippen molar-refractivity contribution in [3.8, 4) is 0 Å². The molecule has 2 aromatic rings. The Morgan fingerprint density at radius 3 is 2.92 bits per heavy atom. The number of nitrogens with one attached hydrogen (secondary N) is 1. The van der Waals surface area contributed by atoms with Crippen molar-refractivity contribution in [1.29, 1.82) is 0 Å². The lowest BCUT2D eigenvalue weighted by molar-refractivity contribution is 1.08. The molecule has 3 heteroatoms. The van der Waals surface area contributed by atoms with Gasteiger partial charge >= 0.3 is 0 Å². The average Bonchev–Trinajstić information content (AvgIpc) is 2.40. The highest BCUT2D eigenvalue weighted by Crippen LogP contribution is 2.26. The fourth-order valence-electron chi connectivity index (χ4n) is 1.53. The molecule has 68 valence electrons. The van der Waals surface area contributed by atoms with E-state index in [0.717, 1.165) is 16.5 Å². The van der Waals surface area contributed by atoms with Gasteiger partial charge in [-0.1, -0.05) is 23.2 Å². The van der Waals surface area contributed by atoms with Crippen molar-refractivity contribution in [1.82, 2.24) is 4.98 Å². The van der Waals surface area contributed by atoms with E-state index in [1.165, 1.54) is 5.56 Å². The first kappa shape index (κ1) is 8.60. The summed E-state index contributed by atoms with van der Waals surface area (Å²) < 4.78 is 0. The molecule has 0 amide bonds. The van der Waals surface area contributed by atoms with Crippen molar-refractivity contribution >= 4 is 22.5 Å². The third-order valence-electron chi connectivity index (χ3n) is 2.21. The summed E-state index contributed by atoms with van der Waals surface area (Å²) in [5.74, 6) is 0. The molecule has 1 heterocycles. The van der Waals surface area contributed by atoms with E-state index in [1.807, 2.05) is 6.07 Å². The van der Waals surface area contributed by atoms with Gasteiger partial charge in [0.25, 0.3) is 0 Å². The van der Waals surface area contributed by atoms with Gasteiger partial charge in [0, 0.05) is 23.0 Å². The van der Waals surface area contributed by atoms with Crippen LogP contribution in [0.5, 0.6) is 0 Å². The summed E-state index contributed by atoms with van der Waals surface area (Å²) in [7, 11) is 0. The molecule has 0 bridgehead atoms.